The van der Waals surface area contributed by atoms with Crippen LogP contribution in [0.2, 0.25) is 0 Å². The summed E-state index contributed by atoms with van der Waals surface area (Å²) in [5.74, 6) is 0.281. The van der Waals surface area contributed by atoms with E-state index >= 15 is 0 Å². The lowest BCUT2D eigenvalue weighted by Gasteiger charge is -2.08. The number of benzene rings is 2. The highest BCUT2D eigenvalue weighted by molar-refractivity contribution is 7.99. The van der Waals surface area contributed by atoms with Crippen molar-refractivity contribution >= 4 is 17.7 Å². The van der Waals surface area contributed by atoms with Crippen LogP contribution in [0.4, 0.5) is 0 Å². The maximum Gasteiger partial charge on any atom is 0.230 e. The molecule has 0 aliphatic heterocycles. The van der Waals surface area contributed by atoms with Gasteiger partial charge in [0.2, 0.25) is 5.91 Å². The van der Waals surface area contributed by atoms with Crippen molar-refractivity contribution in [2.45, 2.75) is 18.6 Å². The van der Waals surface area contributed by atoms with Crippen LogP contribution in [-0.2, 0) is 11.3 Å². The molecule has 0 aliphatic rings. The largest absolute Gasteiger partial charge is 0.351 e. The summed E-state index contributed by atoms with van der Waals surface area (Å²) < 4.78 is 1.87. The fourth-order valence-corrected chi connectivity index (χ4v) is 3.03. The van der Waals surface area contributed by atoms with Crippen molar-refractivity contribution in [2.24, 2.45) is 0 Å². The van der Waals surface area contributed by atoms with E-state index in [0.717, 1.165) is 11.3 Å². The SMILES string of the molecule is Cc1ccccc1CNC(=O)CSc1nncn1-c1ccccc1. The average molecular weight is 338 g/mol. The normalized spacial score (nSPS) is 10.5. The Morgan fingerprint density at radius 3 is 2.67 bits per heavy atom. The van der Waals surface area contributed by atoms with Crippen LogP contribution in [0.1, 0.15) is 11.1 Å². The number of nitrogens with one attached hydrogen (secondary N) is 1. The average Bonchev–Trinajstić information content (AvgIpc) is 3.08. The summed E-state index contributed by atoms with van der Waals surface area (Å²) in [4.78, 5) is 12.1. The van der Waals surface area contributed by atoms with Crippen molar-refractivity contribution < 1.29 is 4.79 Å². The molecule has 0 atom stereocenters. The van der Waals surface area contributed by atoms with Gasteiger partial charge in [-0.1, -0.05) is 54.2 Å². The van der Waals surface area contributed by atoms with Crippen LogP contribution in [0, 0.1) is 6.92 Å². The number of amides is 1. The first-order valence-electron chi connectivity index (χ1n) is 7.63. The van der Waals surface area contributed by atoms with Crippen LogP contribution in [0.25, 0.3) is 5.69 Å². The minimum Gasteiger partial charge on any atom is -0.351 e. The molecular weight excluding hydrogens is 320 g/mol. The number of carbonyl (C=O) groups is 1. The first kappa shape index (κ1) is 16.3. The molecule has 24 heavy (non-hydrogen) atoms. The molecule has 0 fully saturated rings. The van der Waals surface area contributed by atoms with Gasteiger partial charge in [0, 0.05) is 12.2 Å². The van der Waals surface area contributed by atoms with Crippen LogP contribution in [0.3, 0.4) is 0 Å². The molecule has 1 heterocycles. The molecule has 1 aromatic heterocycles. The maximum absolute atomic E-state index is 12.1. The fraction of sp³-hybridized carbons (Fsp3) is 0.167. The van der Waals surface area contributed by atoms with E-state index in [4.69, 9.17) is 0 Å². The zero-order chi connectivity index (χ0) is 16.8. The van der Waals surface area contributed by atoms with E-state index in [-0.39, 0.29) is 5.91 Å². The molecule has 0 saturated heterocycles. The second-order valence-electron chi connectivity index (χ2n) is 5.31. The summed E-state index contributed by atoms with van der Waals surface area (Å²) in [6.45, 7) is 2.58. The fourth-order valence-electron chi connectivity index (χ4n) is 2.27. The minimum atomic E-state index is -0.0223. The summed E-state index contributed by atoms with van der Waals surface area (Å²) in [5, 5.41) is 11.7. The van der Waals surface area contributed by atoms with Gasteiger partial charge in [0.1, 0.15) is 6.33 Å². The molecule has 3 rings (SSSR count). The Bertz CT molecular complexity index is 817. The van der Waals surface area contributed by atoms with Crippen molar-refractivity contribution in [2.75, 3.05) is 5.75 Å². The summed E-state index contributed by atoms with van der Waals surface area (Å²) in [5.41, 5.74) is 3.28. The Morgan fingerprint density at radius 1 is 1.12 bits per heavy atom. The van der Waals surface area contributed by atoms with Gasteiger partial charge in [0.05, 0.1) is 5.75 Å². The third kappa shape index (κ3) is 4.02. The zero-order valence-corrected chi connectivity index (χ0v) is 14.2. The second kappa shape index (κ2) is 7.79. The molecule has 2 aromatic carbocycles. The molecule has 1 amide bonds. The van der Waals surface area contributed by atoms with Gasteiger partial charge in [-0.15, -0.1) is 10.2 Å². The van der Waals surface area contributed by atoms with Crippen LogP contribution >= 0.6 is 11.8 Å². The molecule has 1 N–H and O–H groups in total. The van der Waals surface area contributed by atoms with E-state index in [1.807, 2.05) is 66.1 Å². The van der Waals surface area contributed by atoms with E-state index in [0.29, 0.717) is 17.5 Å². The quantitative estimate of drug-likeness (QED) is 0.702. The number of hydrogen-bond acceptors (Lipinski definition) is 4. The lowest BCUT2D eigenvalue weighted by molar-refractivity contribution is -0.118. The highest BCUT2D eigenvalue weighted by atomic mass is 32.2. The van der Waals surface area contributed by atoms with Crippen LogP contribution in [-0.4, -0.2) is 26.4 Å². The van der Waals surface area contributed by atoms with Gasteiger partial charge in [-0.2, -0.15) is 0 Å². The maximum atomic E-state index is 12.1. The summed E-state index contributed by atoms with van der Waals surface area (Å²) in [6.07, 6.45) is 1.66. The van der Waals surface area contributed by atoms with E-state index in [1.165, 1.54) is 17.3 Å². The number of thioether (sulfide) groups is 1. The first-order chi connectivity index (χ1) is 11.7. The predicted molar refractivity (Wildman–Crippen MR) is 95.1 cm³/mol. The lowest BCUT2D eigenvalue weighted by Crippen LogP contribution is -2.25. The van der Waals surface area contributed by atoms with Crippen molar-refractivity contribution in [1.82, 2.24) is 20.1 Å². The Morgan fingerprint density at radius 2 is 1.88 bits per heavy atom. The number of hydrogen-bond donors (Lipinski definition) is 1. The van der Waals surface area contributed by atoms with E-state index < -0.39 is 0 Å². The monoisotopic (exact) mass is 338 g/mol. The smallest absolute Gasteiger partial charge is 0.230 e. The molecule has 3 aromatic rings. The van der Waals surface area contributed by atoms with Crippen molar-refractivity contribution in [3.63, 3.8) is 0 Å². The van der Waals surface area contributed by atoms with Gasteiger partial charge in [-0.25, -0.2) is 0 Å². The van der Waals surface area contributed by atoms with Crippen LogP contribution in [0.15, 0.2) is 66.1 Å². The van der Waals surface area contributed by atoms with E-state index in [9.17, 15) is 4.79 Å². The highest BCUT2D eigenvalue weighted by Crippen LogP contribution is 2.19. The van der Waals surface area contributed by atoms with Gasteiger partial charge in [0.25, 0.3) is 0 Å². The predicted octanol–water partition coefficient (Wildman–Crippen LogP) is 2.98. The number of carbonyl (C=O) groups excluding carboxylic acids is 1. The Hall–Kier alpha value is -2.60. The van der Waals surface area contributed by atoms with Gasteiger partial charge in [0.15, 0.2) is 5.16 Å². The van der Waals surface area contributed by atoms with Gasteiger partial charge < -0.3 is 5.32 Å². The molecule has 0 radical (unpaired) electrons. The van der Waals surface area contributed by atoms with Crippen molar-refractivity contribution in [3.8, 4) is 5.69 Å². The number of rotatable bonds is 6. The minimum absolute atomic E-state index is 0.0223. The van der Waals surface area contributed by atoms with Gasteiger partial charge in [-0.05, 0) is 30.2 Å². The highest BCUT2D eigenvalue weighted by Gasteiger charge is 2.10. The number of nitrogens with zero attached hydrogens (tertiary/aromatic N) is 3. The van der Waals surface area contributed by atoms with Gasteiger partial charge >= 0.3 is 0 Å². The molecule has 5 nitrogen and oxygen atoms in total. The van der Waals surface area contributed by atoms with E-state index in [2.05, 4.69) is 15.5 Å². The summed E-state index contributed by atoms with van der Waals surface area (Å²) in [6, 6.07) is 17.9. The number of para-hydroxylation sites is 1. The Kier molecular flexibility index (Phi) is 5.28. The standard InChI is InChI=1S/C18H18N4OS/c1-14-7-5-6-8-15(14)11-19-17(23)12-24-18-21-20-13-22(18)16-9-3-2-4-10-16/h2-10,13H,11-12H2,1H3,(H,19,23). The number of aromatic nitrogens is 3. The van der Waals surface area contributed by atoms with Crippen LogP contribution < -0.4 is 5.32 Å². The molecule has 122 valence electrons. The Balaban J connectivity index is 1.56. The van der Waals surface area contributed by atoms with Crippen molar-refractivity contribution in [1.29, 1.82) is 0 Å². The van der Waals surface area contributed by atoms with Gasteiger partial charge in [-0.3, -0.25) is 9.36 Å². The molecule has 0 saturated carbocycles. The third-order valence-corrected chi connectivity index (χ3v) is 4.56. The zero-order valence-electron chi connectivity index (χ0n) is 13.3. The first-order valence-corrected chi connectivity index (χ1v) is 8.62. The molecule has 0 spiro atoms. The van der Waals surface area contributed by atoms with Crippen LogP contribution in [0.5, 0.6) is 0 Å². The van der Waals surface area contributed by atoms with Crippen molar-refractivity contribution in [3.05, 3.63) is 72.1 Å². The number of aryl methyl sites for hydroxylation is 1. The molecule has 0 unspecified atom stereocenters. The molecule has 0 aliphatic carbocycles. The lowest BCUT2D eigenvalue weighted by atomic mass is 10.1. The third-order valence-electron chi connectivity index (χ3n) is 3.62. The molecule has 6 heteroatoms. The summed E-state index contributed by atoms with van der Waals surface area (Å²) in [7, 11) is 0. The van der Waals surface area contributed by atoms with E-state index in [1.54, 1.807) is 6.33 Å². The topological polar surface area (TPSA) is 59.8 Å². The second-order valence-corrected chi connectivity index (χ2v) is 6.25. The Labute approximate surface area is 145 Å². The summed E-state index contributed by atoms with van der Waals surface area (Å²) >= 11 is 1.37. The molecule has 0 bridgehead atoms. The molecular formula is C18H18N4OS.